The van der Waals surface area contributed by atoms with Crippen LogP contribution in [0.3, 0.4) is 0 Å². The van der Waals surface area contributed by atoms with E-state index in [1.165, 1.54) is 44.3 Å². The van der Waals surface area contributed by atoms with Gasteiger partial charge in [0.05, 0.1) is 39.9 Å². The maximum absolute atomic E-state index is 14.4. The maximum Gasteiger partial charge on any atom is 0.301 e. The van der Waals surface area contributed by atoms with Gasteiger partial charge in [-0.15, -0.1) is 23.2 Å². The van der Waals surface area contributed by atoms with Gasteiger partial charge >= 0.3 is 11.4 Å². The summed E-state index contributed by atoms with van der Waals surface area (Å²) in [7, 11) is 4.15. The van der Waals surface area contributed by atoms with Crippen LogP contribution in [0.25, 0.3) is 0 Å². The van der Waals surface area contributed by atoms with Gasteiger partial charge in [-0.1, -0.05) is 27.6 Å². The number of hydrogen-bond acceptors (Lipinski definition) is 11. The van der Waals surface area contributed by atoms with Crippen molar-refractivity contribution in [2.24, 2.45) is 17.8 Å². The molecule has 4 aliphatic rings. The summed E-state index contributed by atoms with van der Waals surface area (Å²) >= 11 is 17.5. The van der Waals surface area contributed by atoms with Crippen LogP contribution in [0.15, 0.2) is 42.0 Å². The Morgan fingerprint density at radius 2 is 1.65 bits per heavy atom. The second-order valence-corrected chi connectivity index (χ2v) is 13.9. The number of carbonyl (C=O) groups is 4. The second-order valence-electron chi connectivity index (χ2n) is 12.2. The number of phenolic OH excluding ortho intramolecular Hbond substituents is 1. The number of nitrogens with zero attached hydrogens (tertiary/aromatic N) is 5. The van der Waals surface area contributed by atoms with E-state index in [0.717, 1.165) is 17.0 Å². The minimum atomic E-state index is -2.17. The number of ether oxygens (including phenoxy) is 1. The van der Waals surface area contributed by atoms with Crippen LogP contribution in [0.5, 0.6) is 11.5 Å². The summed E-state index contributed by atoms with van der Waals surface area (Å²) in [5.74, 6) is -7.75. The van der Waals surface area contributed by atoms with Crippen molar-refractivity contribution < 1.29 is 38.9 Å². The van der Waals surface area contributed by atoms with Crippen molar-refractivity contribution >= 4 is 85.5 Å². The number of imide groups is 2. The number of alkyl halides is 3. The van der Waals surface area contributed by atoms with Gasteiger partial charge < -0.3 is 14.7 Å². The number of phenols is 1. The van der Waals surface area contributed by atoms with Crippen LogP contribution in [-0.2, 0) is 19.2 Å². The summed E-state index contributed by atoms with van der Waals surface area (Å²) in [6, 6.07) is 6.11. The lowest BCUT2D eigenvalue weighted by Crippen LogP contribution is -2.60. The van der Waals surface area contributed by atoms with Crippen LogP contribution < -0.4 is 14.5 Å². The number of aromatic hydroxyl groups is 1. The Bertz CT molecular complexity index is 1850. The molecule has 2 aliphatic carbocycles. The van der Waals surface area contributed by atoms with Gasteiger partial charge in [0.1, 0.15) is 11.5 Å². The molecule has 6 rings (SSSR count). The Kier molecular flexibility index (Phi) is 7.99. The monoisotopic (exact) mass is 765 g/mol. The molecule has 4 amide bonds. The maximum atomic E-state index is 14.4. The van der Waals surface area contributed by atoms with E-state index in [1.807, 2.05) is 0 Å². The highest BCUT2D eigenvalue weighted by Crippen LogP contribution is 2.66. The van der Waals surface area contributed by atoms with Crippen LogP contribution in [0.2, 0.25) is 0 Å². The largest absolute Gasteiger partial charge is 0.508 e. The number of allylic oxidation sites excluding steroid dienone is 2. The average Bonchev–Trinajstić information content (AvgIpc) is 3.38. The molecule has 0 bridgehead atoms. The SMILES string of the molecule is COc1ccc(O)c([C@H]2C3=CC[C@@H]4C(=O)N(c5cc([N+](=O)[O-])c(N(C)C)c([N+](=O)[O-])c5)C(=O)[C@@H]4[C@@H]3C[C@@]3(Cl)C(=O)N(CBr)C(=O)[C@@]23Cl)c1. The van der Waals surface area contributed by atoms with Gasteiger partial charge in [-0.05, 0) is 37.0 Å². The number of fused-ring (bicyclic) bond motifs is 4. The first kappa shape index (κ1) is 33.6. The van der Waals surface area contributed by atoms with E-state index in [1.54, 1.807) is 6.08 Å². The molecule has 0 aromatic heterocycles. The summed E-state index contributed by atoms with van der Waals surface area (Å²) in [6.07, 6.45) is 1.23. The lowest BCUT2D eigenvalue weighted by Gasteiger charge is -2.50. The van der Waals surface area contributed by atoms with Crippen molar-refractivity contribution in [2.45, 2.75) is 28.5 Å². The number of hydrogen-bond donors (Lipinski definition) is 1. The highest BCUT2D eigenvalue weighted by molar-refractivity contribution is 9.09. The molecule has 2 aliphatic heterocycles. The highest BCUT2D eigenvalue weighted by Gasteiger charge is 2.76. The zero-order valence-corrected chi connectivity index (χ0v) is 28.5. The molecular weight excluding hydrogens is 741 g/mol. The molecule has 252 valence electrons. The number of benzene rings is 2. The molecule has 6 atom stereocenters. The number of methoxy groups -OCH3 is 1. The van der Waals surface area contributed by atoms with Gasteiger partial charge in [0, 0.05) is 37.7 Å². The minimum Gasteiger partial charge on any atom is -0.508 e. The normalized spacial score (nSPS) is 29.3. The molecule has 0 unspecified atom stereocenters. The van der Waals surface area contributed by atoms with Crippen LogP contribution >= 0.6 is 39.1 Å². The highest BCUT2D eigenvalue weighted by atomic mass is 79.9. The van der Waals surface area contributed by atoms with Crippen molar-refractivity contribution in [3.8, 4) is 11.5 Å². The molecule has 1 N–H and O–H groups in total. The first-order valence-electron chi connectivity index (χ1n) is 14.4. The van der Waals surface area contributed by atoms with Gasteiger partial charge in [-0.25, -0.2) is 4.90 Å². The van der Waals surface area contributed by atoms with Crippen molar-refractivity contribution in [2.75, 3.05) is 36.5 Å². The number of rotatable bonds is 7. The molecule has 2 saturated heterocycles. The molecule has 2 heterocycles. The number of halogens is 3. The summed E-state index contributed by atoms with van der Waals surface area (Å²) < 4.78 is 5.36. The average molecular weight is 767 g/mol. The topological polar surface area (TPSA) is 194 Å². The molecule has 2 aromatic carbocycles. The molecule has 3 fully saturated rings. The fraction of sp³-hybridized carbons (Fsp3) is 0.400. The van der Waals surface area contributed by atoms with Crippen LogP contribution in [0.1, 0.15) is 24.3 Å². The van der Waals surface area contributed by atoms with Crippen LogP contribution in [0.4, 0.5) is 22.7 Å². The molecule has 0 spiro atoms. The summed E-state index contributed by atoms with van der Waals surface area (Å²) in [5.41, 5.74) is -1.85. The van der Waals surface area contributed by atoms with E-state index >= 15 is 0 Å². The third kappa shape index (κ3) is 4.38. The van der Waals surface area contributed by atoms with Gasteiger partial charge in [-0.3, -0.25) is 44.3 Å². The smallest absolute Gasteiger partial charge is 0.301 e. The summed E-state index contributed by atoms with van der Waals surface area (Å²) in [4.78, 5) is 76.9. The van der Waals surface area contributed by atoms with Crippen LogP contribution in [0, 0.1) is 38.0 Å². The van der Waals surface area contributed by atoms with Gasteiger partial charge in [0.15, 0.2) is 15.4 Å². The molecule has 2 aromatic rings. The molecule has 48 heavy (non-hydrogen) atoms. The van der Waals surface area contributed by atoms with E-state index in [2.05, 4.69) is 15.9 Å². The number of nitro groups is 2. The first-order valence-corrected chi connectivity index (χ1v) is 16.3. The van der Waals surface area contributed by atoms with Gasteiger partial charge in [0.2, 0.25) is 11.8 Å². The number of amides is 4. The minimum absolute atomic E-state index is 0.0503. The molecule has 18 heteroatoms. The molecule has 15 nitrogen and oxygen atoms in total. The third-order valence-electron chi connectivity index (χ3n) is 9.71. The number of anilines is 2. The Morgan fingerprint density at radius 3 is 2.19 bits per heavy atom. The Balaban J connectivity index is 1.53. The fourth-order valence-corrected chi connectivity index (χ4v) is 9.12. The van der Waals surface area contributed by atoms with E-state index in [4.69, 9.17) is 27.9 Å². The molecule has 1 saturated carbocycles. The second kappa shape index (κ2) is 11.4. The zero-order valence-electron chi connectivity index (χ0n) is 25.4. The Hall–Kier alpha value is -4.28. The Morgan fingerprint density at radius 1 is 1.02 bits per heavy atom. The lowest BCUT2D eigenvalue weighted by molar-refractivity contribution is -0.392. The standard InChI is InChI=1S/C30H26BrCl2N5O10/c1-34(2)24-19(37(44)45)8-13(9-20(24)38(46)47)36-25(40)16-6-5-15-18(22(16)26(36)41)11-29(32)27(42)35(12-31)28(43)30(29,33)23(15)17-10-14(48-3)4-7-21(17)39/h4-5,7-10,16,18,22-23,39H,6,11-12H2,1-3H3/t16-,18+,22-,23+,29+,30-/m0/s1. The van der Waals surface area contributed by atoms with E-state index in [0.29, 0.717) is 10.5 Å². The van der Waals surface area contributed by atoms with E-state index < -0.39 is 78.3 Å². The van der Waals surface area contributed by atoms with Gasteiger partial charge in [0.25, 0.3) is 11.8 Å². The zero-order chi connectivity index (χ0) is 35.2. The Labute approximate surface area is 290 Å². The molecule has 0 radical (unpaired) electrons. The number of nitro benzene ring substituents is 2. The third-order valence-corrected chi connectivity index (χ3v) is 11.6. The van der Waals surface area contributed by atoms with E-state index in [-0.39, 0.29) is 46.7 Å². The number of likely N-dealkylation sites (tertiary alicyclic amines) is 1. The summed E-state index contributed by atoms with van der Waals surface area (Å²) in [6.45, 7) is 0. The fourth-order valence-electron chi connectivity index (χ4n) is 7.70. The lowest BCUT2D eigenvalue weighted by atomic mass is 9.56. The van der Waals surface area contributed by atoms with Gasteiger partial charge in [-0.2, -0.15) is 0 Å². The summed E-state index contributed by atoms with van der Waals surface area (Å²) in [5, 5.41) is 35.2. The first-order chi connectivity index (χ1) is 22.5. The predicted molar refractivity (Wildman–Crippen MR) is 175 cm³/mol. The van der Waals surface area contributed by atoms with Crippen molar-refractivity contribution in [3.05, 3.63) is 67.8 Å². The quantitative estimate of drug-likeness (QED) is 0.106. The van der Waals surface area contributed by atoms with Crippen LogP contribution in [-0.4, -0.2) is 79.9 Å². The van der Waals surface area contributed by atoms with Crippen molar-refractivity contribution in [3.63, 3.8) is 0 Å². The number of carbonyl (C=O) groups excluding carboxylic acids is 4. The predicted octanol–water partition coefficient (Wildman–Crippen LogP) is 4.20. The molecular formula is C30H26BrCl2N5O10. The van der Waals surface area contributed by atoms with E-state index in [9.17, 15) is 44.5 Å². The van der Waals surface area contributed by atoms with Crippen molar-refractivity contribution in [1.82, 2.24) is 4.90 Å². The van der Waals surface area contributed by atoms with Crippen molar-refractivity contribution in [1.29, 1.82) is 0 Å².